The summed E-state index contributed by atoms with van der Waals surface area (Å²) in [7, 11) is 0. The minimum Gasteiger partial charge on any atom is -0.160 e. The number of thioether (sulfide) groups is 8. The fourth-order valence-electron chi connectivity index (χ4n) is 2.94. The molecule has 25 heavy (non-hydrogen) atoms. The van der Waals surface area contributed by atoms with Crippen LogP contribution in [0.2, 0.25) is 0 Å². The zero-order valence-electron chi connectivity index (χ0n) is 14.6. The fraction of sp³-hybridized carbons (Fsp3) is 1.00. The summed E-state index contributed by atoms with van der Waals surface area (Å²) in [5.74, 6) is 14.1. The van der Waals surface area contributed by atoms with Gasteiger partial charge in [-0.15, -0.1) is 23.5 Å². The summed E-state index contributed by atoms with van der Waals surface area (Å²) < 4.78 is 0.519. The molecule has 4 aliphatic heterocycles. The van der Waals surface area contributed by atoms with E-state index in [1.165, 1.54) is 70.4 Å². The first kappa shape index (κ1) is 21.0. The van der Waals surface area contributed by atoms with Gasteiger partial charge in [0.1, 0.15) is 0 Å². The molecule has 0 saturated carbocycles. The summed E-state index contributed by atoms with van der Waals surface area (Å²) in [6, 6.07) is 0. The second-order valence-corrected chi connectivity index (χ2v) is 17.8. The van der Waals surface area contributed by atoms with Crippen molar-refractivity contribution in [2.24, 2.45) is 0 Å². The lowest BCUT2D eigenvalue weighted by Gasteiger charge is -2.43. The molecule has 0 amide bonds. The second kappa shape index (κ2) is 10.7. The summed E-state index contributed by atoms with van der Waals surface area (Å²) in [6.07, 6.45) is 2.88. The number of rotatable bonds is 12. The van der Waals surface area contributed by atoms with E-state index in [0.717, 1.165) is 21.0 Å². The van der Waals surface area contributed by atoms with E-state index in [1.54, 1.807) is 0 Å². The minimum absolute atomic E-state index is 0.519. The molecular weight excluding hydrogens is 461 g/mol. The third-order valence-electron chi connectivity index (χ3n) is 4.87. The molecule has 144 valence electrons. The molecule has 0 radical (unpaired) electrons. The van der Waals surface area contributed by atoms with E-state index in [1.807, 2.05) is 0 Å². The van der Waals surface area contributed by atoms with Crippen LogP contribution in [-0.4, -0.2) is 82.6 Å². The third-order valence-corrected chi connectivity index (χ3v) is 17.7. The normalized spacial score (nSPS) is 25.9. The average Bonchev–Trinajstić information content (AvgIpc) is 2.44. The van der Waals surface area contributed by atoms with Crippen molar-refractivity contribution < 1.29 is 0 Å². The molecule has 4 fully saturated rings. The molecule has 0 nitrogen and oxygen atoms in total. The van der Waals surface area contributed by atoms with Crippen LogP contribution in [0.15, 0.2) is 0 Å². The molecule has 4 aliphatic rings. The Morgan fingerprint density at radius 2 is 0.920 bits per heavy atom. The average molecular weight is 489 g/mol. The van der Waals surface area contributed by atoms with Crippen LogP contribution in [0.3, 0.4) is 0 Å². The second-order valence-electron chi connectivity index (χ2n) is 7.03. The van der Waals surface area contributed by atoms with Crippen molar-refractivity contribution in [3.8, 4) is 0 Å². The van der Waals surface area contributed by atoms with Gasteiger partial charge in [0.2, 0.25) is 0 Å². The summed E-state index contributed by atoms with van der Waals surface area (Å²) in [6.45, 7) is 0. The predicted molar refractivity (Wildman–Crippen MR) is 137 cm³/mol. The quantitative estimate of drug-likeness (QED) is 0.309. The largest absolute Gasteiger partial charge is 0.160 e. The maximum absolute atomic E-state index is 2.41. The Balaban J connectivity index is 1.32. The van der Waals surface area contributed by atoms with Crippen molar-refractivity contribution >= 4 is 94.1 Å². The van der Waals surface area contributed by atoms with Gasteiger partial charge < -0.3 is 0 Å². The first-order valence-corrected chi connectivity index (χ1v) is 17.7. The molecule has 0 aromatic rings. The van der Waals surface area contributed by atoms with E-state index in [-0.39, 0.29) is 0 Å². The Kier molecular flexibility index (Phi) is 9.02. The fourth-order valence-corrected chi connectivity index (χ4v) is 14.8. The highest BCUT2D eigenvalue weighted by atomic mass is 32.2. The lowest BCUT2D eigenvalue weighted by molar-refractivity contribution is 0.739. The smallest absolute Gasteiger partial charge is 0.0633 e. The van der Waals surface area contributed by atoms with Crippen molar-refractivity contribution in [3.05, 3.63) is 0 Å². The number of hydrogen-bond acceptors (Lipinski definition) is 8. The Labute approximate surface area is 188 Å². The molecule has 4 rings (SSSR count). The molecule has 0 atom stereocenters. The van der Waals surface area contributed by atoms with E-state index in [0.29, 0.717) is 4.08 Å². The molecule has 0 aliphatic carbocycles. The topological polar surface area (TPSA) is 0 Å². The maximum Gasteiger partial charge on any atom is 0.0633 e. The SMILES string of the molecule is C(CC(CCSC1CSC1)(SC1CSC1)SC1CSC1)SC1CSC1. The van der Waals surface area contributed by atoms with Gasteiger partial charge >= 0.3 is 0 Å². The van der Waals surface area contributed by atoms with Gasteiger partial charge in [-0.2, -0.15) is 70.6 Å². The molecule has 0 aromatic carbocycles. The third kappa shape index (κ3) is 6.39. The summed E-state index contributed by atoms with van der Waals surface area (Å²) in [5, 5.41) is 3.83. The van der Waals surface area contributed by atoms with Gasteiger partial charge in [0.25, 0.3) is 0 Å². The predicted octanol–water partition coefficient (Wildman–Crippen LogP) is 5.86. The molecule has 4 saturated heterocycles. The molecule has 8 heteroatoms. The first-order valence-electron chi connectivity index (χ1n) is 9.21. The van der Waals surface area contributed by atoms with Crippen molar-refractivity contribution in [2.45, 2.75) is 37.9 Å². The Bertz CT molecular complexity index is 365. The van der Waals surface area contributed by atoms with E-state index < -0.39 is 0 Å². The monoisotopic (exact) mass is 488 g/mol. The Morgan fingerprint density at radius 3 is 1.20 bits per heavy atom. The lowest BCUT2D eigenvalue weighted by atomic mass is 10.2. The van der Waals surface area contributed by atoms with Crippen LogP contribution in [0, 0.1) is 0 Å². The van der Waals surface area contributed by atoms with Crippen molar-refractivity contribution in [1.82, 2.24) is 0 Å². The molecule has 0 N–H and O–H groups in total. The van der Waals surface area contributed by atoms with Crippen LogP contribution in [-0.2, 0) is 0 Å². The minimum atomic E-state index is 0.519. The zero-order chi connectivity index (χ0) is 17.0. The molecule has 0 spiro atoms. The van der Waals surface area contributed by atoms with Crippen LogP contribution in [0.4, 0.5) is 0 Å². The van der Waals surface area contributed by atoms with Gasteiger partial charge in [0, 0.05) is 67.0 Å². The standard InChI is InChI=1S/C17H28S8/c1(3-22-13-5-18-6-13)17(24-15-9-20-10-15,25-16-11-21-12-16)2-4-23-14-7-19-8-14/h13-16H,1-12H2. The zero-order valence-corrected chi connectivity index (χ0v) is 21.1. The van der Waals surface area contributed by atoms with Gasteiger partial charge in [0.05, 0.1) is 4.08 Å². The maximum atomic E-state index is 2.41. The van der Waals surface area contributed by atoms with Gasteiger partial charge in [-0.05, 0) is 24.3 Å². The highest BCUT2D eigenvalue weighted by Gasteiger charge is 2.40. The van der Waals surface area contributed by atoms with Crippen LogP contribution < -0.4 is 0 Å². The van der Waals surface area contributed by atoms with Gasteiger partial charge in [-0.3, -0.25) is 0 Å². The summed E-state index contributed by atoms with van der Waals surface area (Å²) in [4.78, 5) is 0. The molecular formula is C17H28S8. The molecule has 0 unspecified atom stereocenters. The van der Waals surface area contributed by atoms with E-state index >= 15 is 0 Å². The summed E-state index contributed by atoms with van der Waals surface area (Å²) in [5.41, 5.74) is 0. The summed E-state index contributed by atoms with van der Waals surface area (Å²) >= 11 is 18.0. The van der Waals surface area contributed by atoms with E-state index in [4.69, 9.17) is 0 Å². The van der Waals surface area contributed by atoms with E-state index in [9.17, 15) is 0 Å². The van der Waals surface area contributed by atoms with Crippen molar-refractivity contribution in [2.75, 3.05) is 57.5 Å². The van der Waals surface area contributed by atoms with Crippen LogP contribution in [0.25, 0.3) is 0 Å². The van der Waals surface area contributed by atoms with Gasteiger partial charge in [-0.1, -0.05) is 0 Å². The highest BCUT2D eigenvalue weighted by molar-refractivity contribution is 8.21. The van der Waals surface area contributed by atoms with Crippen molar-refractivity contribution in [1.29, 1.82) is 0 Å². The molecule has 0 aromatic heterocycles. The van der Waals surface area contributed by atoms with Crippen LogP contribution in [0.1, 0.15) is 12.8 Å². The number of hydrogen-bond donors (Lipinski definition) is 0. The molecule has 0 bridgehead atoms. The van der Waals surface area contributed by atoms with E-state index in [2.05, 4.69) is 94.1 Å². The van der Waals surface area contributed by atoms with Crippen LogP contribution in [0.5, 0.6) is 0 Å². The Hall–Kier alpha value is 2.80. The molecule has 4 heterocycles. The van der Waals surface area contributed by atoms with Gasteiger partial charge in [0.15, 0.2) is 0 Å². The van der Waals surface area contributed by atoms with Gasteiger partial charge in [-0.25, -0.2) is 0 Å². The lowest BCUT2D eigenvalue weighted by Crippen LogP contribution is -2.37. The van der Waals surface area contributed by atoms with Crippen molar-refractivity contribution in [3.63, 3.8) is 0 Å². The highest BCUT2D eigenvalue weighted by Crippen LogP contribution is 2.54. The first-order chi connectivity index (χ1) is 12.3. The van der Waals surface area contributed by atoms with Crippen LogP contribution >= 0.6 is 94.1 Å². The Morgan fingerprint density at radius 1 is 0.560 bits per heavy atom.